The molecule has 4 aromatic rings. The van der Waals surface area contributed by atoms with Crippen LogP contribution >= 0.6 is 11.6 Å². The molecule has 1 atom stereocenters. The molecule has 4 aromatic carbocycles. The van der Waals surface area contributed by atoms with Gasteiger partial charge < -0.3 is 5.32 Å². The number of nitrogens with one attached hydrogen (secondary N) is 1. The average molecular weight is 519 g/mol. The second-order valence-electron chi connectivity index (χ2n) is 8.53. The summed E-state index contributed by atoms with van der Waals surface area (Å²) in [4.78, 5) is 13.6. The number of hydrogen-bond acceptors (Lipinski definition) is 3. The van der Waals surface area contributed by atoms with Crippen LogP contribution in [-0.4, -0.2) is 20.9 Å². The van der Waals surface area contributed by atoms with Gasteiger partial charge in [0, 0.05) is 5.02 Å². The number of aryl methyl sites for hydroxylation is 1. The van der Waals surface area contributed by atoms with Crippen LogP contribution in [0.1, 0.15) is 28.3 Å². The fourth-order valence-electron chi connectivity index (χ4n) is 3.99. The second-order valence-corrected chi connectivity index (χ2v) is 10.8. The van der Waals surface area contributed by atoms with E-state index in [0.29, 0.717) is 16.3 Å². The molecule has 0 radical (unpaired) electrons. The van der Waals surface area contributed by atoms with Gasteiger partial charge in [0.25, 0.3) is 10.0 Å². The Morgan fingerprint density at radius 3 is 2.03 bits per heavy atom. The molecule has 4 rings (SSSR count). The van der Waals surface area contributed by atoms with Crippen molar-refractivity contribution in [3.63, 3.8) is 0 Å². The van der Waals surface area contributed by atoms with E-state index in [-0.39, 0.29) is 4.90 Å². The van der Waals surface area contributed by atoms with Gasteiger partial charge >= 0.3 is 0 Å². The number of hydrogen-bond donors (Lipinski definition) is 1. The Morgan fingerprint density at radius 1 is 0.806 bits per heavy atom. The minimum atomic E-state index is -4.05. The summed E-state index contributed by atoms with van der Waals surface area (Å²) in [6.45, 7) is 3.33. The van der Waals surface area contributed by atoms with Gasteiger partial charge in [-0.05, 0) is 54.8 Å². The van der Waals surface area contributed by atoms with Crippen LogP contribution in [0.3, 0.4) is 0 Å². The molecule has 5 nitrogen and oxygen atoms in total. The first-order valence-corrected chi connectivity index (χ1v) is 13.3. The monoisotopic (exact) mass is 518 g/mol. The molecule has 0 heterocycles. The van der Waals surface area contributed by atoms with Crippen molar-refractivity contribution in [1.29, 1.82) is 0 Å². The zero-order chi connectivity index (χ0) is 25.7. The van der Waals surface area contributed by atoms with Crippen molar-refractivity contribution < 1.29 is 13.2 Å². The quantitative estimate of drug-likeness (QED) is 0.308. The van der Waals surface area contributed by atoms with E-state index < -0.39 is 28.5 Å². The van der Waals surface area contributed by atoms with E-state index in [1.807, 2.05) is 61.5 Å². The standard InChI is InChI=1S/C29H27ClN2O3S/c1-21-16-18-24(19-17-21)29(23-10-5-3-6-11-23)31-28(33)20-32(27-15-9-14-26(30)22(27)2)36(34,35)25-12-7-4-8-13-25/h3-19,29H,20H2,1-2H3,(H,31,33)/t29-/m0/s1. The summed E-state index contributed by atoms with van der Waals surface area (Å²) in [5.74, 6) is -0.441. The highest BCUT2D eigenvalue weighted by Gasteiger charge is 2.29. The molecule has 0 aliphatic rings. The van der Waals surface area contributed by atoms with Gasteiger partial charge in [-0.3, -0.25) is 9.10 Å². The number of amides is 1. The lowest BCUT2D eigenvalue weighted by molar-refractivity contribution is -0.120. The smallest absolute Gasteiger partial charge is 0.264 e. The Morgan fingerprint density at radius 2 is 1.39 bits per heavy atom. The van der Waals surface area contributed by atoms with Gasteiger partial charge in [-0.1, -0.05) is 96.0 Å². The Labute approximate surface area is 217 Å². The lowest BCUT2D eigenvalue weighted by Crippen LogP contribution is -2.42. The molecule has 36 heavy (non-hydrogen) atoms. The first-order chi connectivity index (χ1) is 17.3. The number of rotatable bonds is 8. The topological polar surface area (TPSA) is 66.5 Å². The van der Waals surface area contributed by atoms with Crippen LogP contribution in [0.5, 0.6) is 0 Å². The van der Waals surface area contributed by atoms with E-state index in [1.54, 1.807) is 43.3 Å². The van der Waals surface area contributed by atoms with Crippen LogP contribution in [0.15, 0.2) is 108 Å². The van der Waals surface area contributed by atoms with E-state index in [0.717, 1.165) is 21.0 Å². The zero-order valence-electron chi connectivity index (χ0n) is 20.1. The van der Waals surface area contributed by atoms with Gasteiger partial charge in [0.15, 0.2) is 0 Å². The first kappa shape index (κ1) is 25.5. The van der Waals surface area contributed by atoms with E-state index in [1.165, 1.54) is 12.1 Å². The van der Waals surface area contributed by atoms with Gasteiger partial charge in [0.1, 0.15) is 6.54 Å². The van der Waals surface area contributed by atoms with Crippen molar-refractivity contribution in [3.8, 4) is 0 Å². The Balaban J connectivity index is 1.71. The molecule has 0 saturated heterocycles. The van der Waals surface area contributed by atoms with E-state index in [2.05, 4.69) is 5.32 Å². The molecule has 0 aliphatic carbocycles. The molecule has 7 heteroatoms. The molecular weight excluding hydrogens is 492 g/mol. The number of carbonyl (C=O) groups excluding carboxylic acids is 1. The molecule has 184 valence electrons. The molecule has 1 N–H and O–H groups in total. The maximum Gasteiger partial charge on any atom is 0.264 e. The molecule has 0 aromatic heterocycles. The molecule has 0 fully saturated rings. The van der Waals surface area contributed by atoms with E-state index >= 15 is 0 Å². The number of carbonyl (C=O) groups is 1. The molecular formula is C29H27ClN2O3S. The minimum absolute atomic E-state index is 0.0929. The zero-order valence-corrected chi connectivity index (χ0v) is 21.6. The number of sulfonamides is 1. The van der Waals surface area contributed by atoms with Gasteiger partial charge in [0.2, 0.25) is 5.91 Å². The van der Waals surface area contributed by atoms with Gasteiger partial charge in [-0.15, -0.1) is 0 Å². The first-order valence-electron chi connectivity index (χ1n) is 11.5. The van der Waals surface area contributed by atoms with Crippen LogP contribution in [0.2, 0.25) is 5.02 Å². The molecule has 0 saturated carbocycles. The van der Waals surface area contributed by atoms with Gasteiger partial charge in [-0.2, -0.15) is 0 Å². The SMILES string of the molecule is Cc1ccc([C@@H](NC(=O)CN(c2cccc(Cl)c2C)S(=O)(=O)c2ccccc2)c2ccccc2)cc1. The van der Waals surface area contributed by atoms with Crippen LogP contribution in [0.25, 0.3) is 0 Å². The Hall–Kier alpha value is -3.61. The van der Waals surface area contributed by atoms with Crippen molar-refractivity contribution >= 4 is 33.2 Å². The second kappa shape index (κ2) is 11.0. The predicted octanol–water partition coefficient (Wildman–Crippen LogP) is 6.06. The fraction of sp³-hybridized carbons (Fsp3) is 0.138. The van der Waals surface area contributed by atoms with Crippen molar-refractivity contribution in [2.45, 2.75) is 24.8 Å². The van der Waals surface area contributed by atoms with Crippen molar-refractivity contribution in [3.05, 3.63) is 130 Å². The van der Waals surface area contributed by atoms with Crippen LogP contribution in [-0.2, 0) is 14.8 Å². The van der Waals surface area contributed by atoms with Crippen molar-refractivity contribution in [2.24, 2.45) is 0 Å². The summed E-state index contributed by atoms with van der Waals surface area (Å²) in [7, 11) is -4.05. The van der Waals surface area contributed by atoms with Gasteiger partial charge in [-0.25, -0.2) is 8.42 Å². The molecule has 0 spiro atoms. The Kier molecular flexibility index (Phi) is 7.77. The molecule has 0 unspecified atom stereocenters. The third-order valence-electron chi connectivity index (χ3n) is 5.98. The summed E-state index contributed by atoms with van der Waals surface area (Å²) >= 11 is 6.33. The average Bonchev–Trinajstić information content (AvgIpc) is 2.89. The van der Waals surface area contributed by atoms with Crippen LogP contribution in [0, 0.1) is 13.8 Å². The van der Waals surface area contributed by atoms with E-state index in [9.17, 15) is 13.2 Å². The summed E-state index contributed by atoms with van der Waals surface area (Å²) in [5.41, 5.74) is 3.83. The Bertz CT molecular complexity index is 1440. The van der Waals surface area contributed by atoms with Crippen LogP contribution < -0.4 is 9.62 Å². The number of anilines is 1. The lowest BCUT2D eigenvalue weighted by atomic mass is 9.98. The summed E-state index contributed by atoms with van der Waals surface area (Å²) in [6.07, 6.45) is 0. The number of halogens is 1. The predicted molar refractivity (Wildman–Crippen MR) is 145 cm³/mol. The summed E-state index contributed by atoms with van der Waals surface area (Å²) in [5, 5.41) is 3.47. The minimum Gasteiger partial charge on any atom is -0.344 e. The largest absolute Gasteiger partial charge is 0.344 e. The molecule has 0 aliphatic heterocycles. The van der Waals surface area contributed by atoms with Crippen molar-refractivity contribution in [2.75, 3.05) is 10.8 Å². The number of benzene rings is 4. The van der Waals surface area contributed by atoms with Crippen LogP contribution in [0.4, 0.5) is 5.69 Å². The summed E-state index contributed by atoms with van der Waals surface area (Å²) < 4.78 is 28.5. The molecule has 1 amide bonds. The van der Waals surface area contributed by atoms with Crippen molar-refractivity contribution in [1.82, 2.24) is 5.32 Å². The fourth-order valence-corrected chi connectivity index (χ4v) is 5.66. The highest BCUT2D eigenvalue weighted by Crippen LogP contribution is 2.31. The third-order valence-corrected chi connectivity index (χ3v) is 8.16. The normalized spacial score (nSPS) is 12.1. The molecule has 0 bridgehead atoms. The maximum absolute atomic E-state index is 13.7. The lowest BCUT2D eigenvalue weighted by Gasteiger charge is -2.27. The summed E-state index contributed by atoms with van der Waals surface area (Å²) in [6, 6.07) is 30.1. The number of nitrogens with zero attached hydrogens (tertiary/aromatic N) is 1. The highest BCUT2D eigenvalue weighted by molar-refractivity contribution is 7.92. The highest BCUT2D eigenvalue weighted by atomic mass is 35.5. The maximum atomic E-state index is 13.7. The third kappa shape index (κ3) is 5.61. The van der Waals surface area contributed by atoms with Gasteiger partial charge in [0.05, 0.1) is 16.6 Å². The van der Waals surface area contributed by atoms with E-state index in [4.69, 9.17) is 11.6 Å².